The van der Waals surface area contributed by atoms with E-state index in [2.05, 4.69) is 25.4 Å². The van der Waals surface area contributed by atoms with Crippen LogP contribution in [0.15, 0.2) is 11.6 Å². The molecule has 1 heterocycles. The van der Waals surface area contributed by atoms with Gasteiger partial charge in [0.25, 0.3) is 0 Å². The van der Waals surface area contributed by atoms with Crippen molar-refractivity contribution in [2.75, 3.05) is 7.05 Å². The minimum atomic E-state index is -0.260. The normalized spacial score (nSPS) is 41.9. The molecule has 1 amide bonds. The number of hydrogen-bond donors (Lipinski definition) is 1. The fourth-order valence-corrected chi connectivity index (χ4v) is 7.29. The molecule has 4 aliphatic rings. The van der Waals surface area contributed by atoms with Crippen LogP contribution in [0.4, 0.5) is 0 Å². The number of hydroxylamine groups is 1. The second-order valence-electron chi connectivity index (χ2n) is 11.5. The summed E-state index contributed by atoms with van der Waals surface area (Å²) in [5, 5.41) is 0. The minimum absolute atomic E-state index is 0.0859. The highest BCUT2D eigenvalue weighted by atomic mass is 16.7. The molecule has 29 heavy (non-hydrogen) atoms. The van der Waals surface area contributed by atoms with Crippen LogP contribution in [0.25, 0.3) is 0 Å². The lowest BCUT2D eigenvalue weighted by Gasteiger charge is -2.61. The van der Waals surface area contributed by atoms with E-state index in [1.54, 1.807) is 0 Å². The van der Waals surface area contributed by atoms with Gasteiger partial charge in [0.05, 0.1) is 0 Å². The van der Waals surface area contributed by atoms with Crippen molar-refractivity contribution in [1.82, 2.24) is 10.4 Å². The highest BCUT2D eigenvalue weighted by molar-refractivity contribution is 5.90. The lowest BCUT2D eigenvalue weighted by atomic mass is 9.47. The Morgan fingerprint density at radius 1 is 1.17 bits per heavy atom. The number of carbonyl (C=O) groups excluding carboxylic acids is 2. The maximum atomic E-state index is 12.9. The molecular formula is C24H38N2O3. The van der Waals surface area contributed by atoms with E-state index in [0.29, 0.717) is 36.1 Å². The molecule has 5 nitrogen and oxygen atoms in total. The fourth-order valence-electron chi connectivity index (χ4n) is 7.29. The number of hydrogen-bond acceptors (Lipinski definition) is 4. The predicted octanol–water partition coefficient (Wildman–Crippen LogP) is 4.23. The maximum absolute atomic E-state index is 12.9. The van der Waals surface area contributed by atoms with E-state index in [1.807, 2.05) is 32.7 Å². The van der Waals surface area contributed by atoms with Gasteiger partial charge in [-0.1, -0.05) is 19.9 Å². The van der Waals surface area contributed by atoms with Crippen LogP contribution in [-0.2, 0) is 14.4 Å². The van der Waals surface area contributed by atoms with Gasteiger partial charge in [-0.3, -0.25) is 4.79 Å². The summed E-state index contributed by atoms with van der Waals surface area (Å²) in [6, 6.07) is 0.379. The van der Waals surface area contributed by atoms with E-state index >= 15 is 0 Å². The first-order valence-corrected chi connectivity index (χ1v) is 11.4. The zero-order valence-corrected chi connectivity index (χ0v) is 19.0. The quantitative estimate of drug-likeness (QED) is 0.702. The highest BCUT2D eigenvalue weighted by Crippen LogP contribution is 2.64. The molecule has 1 aliphatic heterocycles. The molecule has 3 aliphatic carbocycles. The van der Waals surface area contributed by atoms with Gasteiger partial charge >= 0.3 is 5.97 Å². The van der Waals surface area contributed by atoms with Crippen molar-refractivity contribution in [3.8, 4) is 0 Å². The Labute approximate surface area is 175 Å². The first-order valence-electron chi connectivity index (χ1n) is 11.4. The van der Waals surface area contributed by atoms with Gasteiger partial charge < -0.3 is 9.74 Å². The fraction of sp³-hybridized carbons (Fsp3) is 0.833. The van der Waals surface area contributed by atoms with Gasteiger partial charge in [0.2, 0.25) is 5.91 Å². The third kappa shape index (κ3) is 3.24. The van der Waals surface area contributed by atoms with E-state index in [-0.39, 0.29) is 22.3 Å². The molecule has 6 atom stereocenters. The van der Waals surface area contributed by atoms with Gasteiger partial charge in [-0.25, -0.2) is 4.79 Å². The standard InChI is InChI=1S/C24H38N2O3/c1-22(2,3)25-29-21(28)18-9-8-16-15-7-10-19-24(5,14-12-20(27)26(19)6)17(15)11-13-23(16,18)4/h9,15-17,19,25H,7-8,10-14H2,1-6H3/t15-,16-,17-,19?,23-,24+/m0/s1. The molecule has 0 spiro atoms. The Balaban J connectivity index is 1.53. The van der Waals surface area contributed by atoms with E-state index in [9.17, 15) is 9.59 Å². The minimum Gasteiger partial charge on any atom is -0.366 e. The van der Waals surface area contributed by atoms with E-state index in [0.717, 1.165) is 37.7 Å². The van der Waals surface area contributed by atoms with Gasteiger partial charge in [0.15, 0.2) is 0 Å². The zero-order chi connectivity index (χ0) is 21.2. The molecule has 0 aromatic rings. The number of carbonyl (C=O) groups is 2. The summed E-state index contributed by atoms with van der Waals surface area (Å²) in [5.74, 6) is 1.90. The summed E-state index contributed by atoms with van der Waals surface area (Å²) in [5.41, 5.74) is 3.63. The van der Waals surface area contributed by atoms with Crippen LogP contribution < -0.4 is 5.48 Å². The molecule has 1 saturated heterocycles. The van der Waals surface area contributed by atoms with Crippen molar-refractivity contribution in [1.29, 1.82) is 0 Å². The summed E-state index contributed by atoms with van der Waals surface area (Å²) in [6.45, 7) is 10.7. The van der Waals surface area contributed by atoms with E-state index < -0.39 is 0 Å². The predicted molar refractivity (Wildman–Crippen MR) is 113 cm³/mol. The number of nitrogens with zero attached hydrogens (tertiary/aromatic N) is 1. The third-order valence-electron chi connectivity index (χ3n) is 8.81. The molecule has 0 aromatic heterocycles. The molecule has 3 fully saturated rings. The number of fused-ring (bicyclic) bond motifs is 5. The lowest BCUT2D eigenvalue weighted by molar-refractivity contribution is -0.160. The van der Waals surface area contributed by atoms with Crippen LogP contribution in [0.5, 0.6) is 0 Å². The van der Waals surface area contributed by atoms with Crippen molar-refractivity contribution in [2.45, 2.75) is 91.1 Å². The smallest absolute Gasteiger partial charge is 0.352 e. The Bertz CT molecular complexity index is 739. The summed E-state index contributed by atoms with van der Waals surface area (Å²) < 4.78 is 0. The van der Waals surface area contributed by atoms with Crippen LogP contribution in [0.3, 0.4) is 0 Å². The molecule has 0 aromatic carbocycles. The van der Waals surface area contributed by atoms with Crippen LogP contribution in [0.1, 0.15) is 79.6 Å². The van der Waals surface area contributed by atoms with Gasteiger partial charge in [0, 0.05) is 36.0 Å². The SMILES string of the molecule is CN1C(=O)CC[C@@]2(C)C1CC[C@@H]1[C@@H]2CC[C@]2(C)C(C(=O)ONC(C)(C)C)=CC[C@@H]12. The number of rotatable bonds is 2. The second-order valence-corrected chi connectivity index (χ2v) is 11.5. The first-order chi connectivity index (χ1) is 13.5. The number of piperidine rings is 1. The summed E-state index contributed by atoms with van der Waals surface area (Å²) in [7, 11) is 2.01. The Kier molecular flexibility index (Phi) is 4.92. The summed E-state index contributed by atoms with van der Waals surface area (Å²) in [6.07, 6.45) is 9.28. The third-order valence-corrected chi connectivity index (χ3v) is 8.81. The van der Waals surface area contributed by atoms with Crippen molar-refractivity contribution in [3.05, 3.63) is 11.6 Å². The maximum Gasteiger partial charge on any atom is 0.352 e. The van der Waals surface area contributed by atoms with Gasteiger partial charge in [-0.15, -0.1) is 5.48 Å². The Morgan fingerprint density at radius 3 is 2.59 bits per heavy atom. The number of likely N-dealkylation sites (tertiary alicyclic amines) is 1. The molecule has 2 saturated carbocycles. The topological polar surface area (TPSA) is 58.6 Å². The second kappa shape index (κ2) is 6.83. The highest BCUT2D eigenvalue weighted by Gasteiger charge is 2.60. The molecule has 5 heteroatoms. The van der Waals surface area contributed by atoms with Crippen LogP contribution in [-0.4, -0.2) is 35.4 Å². The van der Waals surface area contributed by atoms with E-state index in [4.69, 9.17) is 4.84 Å². The Morgan fingerprint density at radius 2 is 1.90 bits per heavy atom. The number of nitrogens with one attached hydrogen (secondary N) is 1. The lowest BCUT2D eigenvalue weighted by Crippen LogP contribution is -2.61. The summed E-state index contributed by atoms with van der Waals surface area (Å²) in [4.78, 5) is 32.7. The van der Waals surface area contributed by atoms with Crippen LogP contribution >= 0.6 is 0 Å². The molecule has 162 valence electrons. The van der Waals surface area contributed by atoms with Crippen LogP contribution in [0, 0.1) is 28.6 Å². The van der Waals surface area contributed by atoms with Crippen molar-refractivity contribution < 1.29 is 14.4 Å². The Hall–Kier alpha value is -1.36. The molecule has 1 N–H and O–H groups in total. The molecule has 0 bridgehead atoms. The molecule has 4 rings (SSSR count). The average molecular weight is 403 g/mol. The van der Waals surface area contributed by atoms with Gasteiger partial charge in [0.1, 0.15) is 0 Å². The number of amides is 1. The zero-order valence-electron chi connectivity index (χ0n) is 19.0. The van der Waals surface area contributed by atoms with E-state index in [1.165, 1.54) is 6.42 Å². The average Bonchev–Trinajstić information content (AvgIpc) is 3.00. The van der Waals surface area contributed by atoms with Crippen molar-refractivity contribution in [2.24, 2.45) is 28.6 Å². The molecule has 1 unspecified atom stereocenters. The first kappa shape index (κ1) is 20.9. The van der Waals surface area contributed by atoms with Crippen molar-refractivity contribution in [3.63, 3.8) is 0 Å². The monoisotopic (exact) mass is 402 g/mol. The summed E-state index contributed by atoms with van der Waals surface area (Å²) >= 11 is 0. The van der Waals surface area contributed by atoms with Crippen molar-refractivity contribution >= 4 is 11.9 Å². The van der Waals surface area contributed by atoms with Gasteiger partial charge in [-0.05, 0) is 82.5 Å². The molecular weight excluding hydrogens is 364 g/mol. The number of allylic oxidation sites excluding steroid dienone is 1. The molecule has 0 radical (unpaired) electrons. The van der Waals surface area contributed by atoms with Gasteiger partial charge in [-0.2, -0.15) is 0 Å². The van der Waals surface area contributed by atoms with Crippen LogP contribution in [0.2, 0.25) is 0 Å². The largest absolute Gasteiger partial charge is 0.366 e.